The number of hydrogen-bond donors (Lipinski definition) is 1. The molecule has 0 saturated carbocycles. The van der Waals surface area contributed by atoms with Crippen LogP contribution in [0, 0.1) is 12.7 Å². The van der Waals surface area contributed by atoms with Crippen molar-refractivity contribution < 1.29 is 4.39 Å². The van der Waals surface area contributed by atoms with E-state index in [9.17, 15) is 4.39 Å². The summed E-state index contributed by atoms with van der Waals surface area (Å²) in [5.74, 6) is -0.195. The molecule has 1 aromatic carbocycles. The molecule has 1 atom stereocenters. The highest BCUT2D eigenvalue weighted by molar-refractivity contribution is 9.10. The summed E-state index contributed by atoms with van der Waals surface area (Å²) in [5, 5.41) is 3.17. The molecule has 5 heteroatoms. The largest absolute Gasteiger partial charge is 0.309 e. The highest BCUT2D eigenvalue weighted by atomic mass is 79.9. The van der Waals surface area contributed by atoms with Crippen molar-refractivity contribution in [3.05, 3.63) is 54.3 Å². The molecule has 0 aliphatic carbocycles. The van der Waals surface area contributed by atoms with Crippen LogP contribution in [0.1, 0.15) is 21.4 Å². The lowest BCUT2D eigenvalue weighted by Gasteiger charge is -2.16. The summed E-state index contributed by atoms with van der Waals surface area (Å²) in [6, 6.07) is 6.93. The fourth-order valence-corrected chi connectivity index (χ4v) is 3.88. The average Bonchev–Trinajstić information content (AvgIpc) is 2.65. The lowest BCUT2D eigenvalue weighted by Crippen LogP contribution is -2.17. The van der Waals surface area contributed by atoms with Gasteiger partial charge in [-0.15, -0.1) is 11.3 Å². The van der Waals surface area contributed by atoms with Gasteiger partial charge in [-0.3, -0.25) is 0 Å². The van der Waals surface area contributed by atoms with Crippen LogP contribution in [0.25, 0.3) is 0 Å². The van der Waals surface area contributed by atoms with E-state index in [1.54, 1.807) is 17.4 Å². The molecule has 0 amide bonds. The van der Waals surface area contributed by atoms with E-state index >= 15 is 0 Å². The van der Waals surface area contributed by atoms with Gasteiger partial charge in [0.1, 0.15) is 5.82 Å². The Morgan fingerprint density at radius 3 is 2.56 bits per heavy atom. The van der Waals surface area contributed by atoms with Crippen LogP contribution in [0.3, 0.4) is 0 Å². The number of benzene rings is 1. The zero-order valence-electron chi connectivity index (χ0n) is 9.93. The molecular weight excluding hydrogens is 381 g/mol. The predicted octanol–water partition coefficient (Wildman–Crippen LogP) is 5.03. The summed E-state index contributed by atoms with van der Waals surface area (Å²) in [6.45, 7) is 2.04. The summed E-state index contributed by atoms with van der Waals surface area (Å²) in [4.78, 5) is 2.29. The third kappa shape index (κ3) is 2.85. The van der Waals surface area contributed by atoms with Crippen molar-refractivity contribution in [2.45, 2.75) is 13.0 Å². The second-order valence-corrected chi connectivity index (χ2v) is 7.00. The first kappa shape index (κ1) is 14.2. The Hall–Kier alpha value is -0.230. The Morgan fingerprint density at radius 1 is 1.28 bits per heavy atom. The fraction of sp³-hybridized carbons (Fsp3) is 0.231. The summed E-state index contributed by atoms with van der Waals surface area (Å²) in [5.41, 5.74) is 0.653. The molecule has 1 N–H and O–H groups in total. The molecule has 0 bridgehead atoms. The smallest absolute Gasteiger partial charge is 0.128 e. The number of aryl methyl sites for hydroxylation is 1. The standard InChI is InChI=1S/C13H12Br2FNS/c1-7-10(15)6-12(18-7)13(17-2)9-5-8(14)3-4-11(9)16/h3-6,13,17H,1-2H3. The van der Waals surface area contributed by atoms with Crippen molar-refractivity contribution >= 4 is 43.2 Å². The van der Waals surface area contributed by atoms with Gasteiger partial charge in [0.2, 0.25) is 0 Å². The molecular formula is C13H12Br2FNS. The van der Waals surface area contributed by atoms with Crippen molar-refractivity contribution in [2.75, 3.05) is 7.05 Å². The van der Waals surface area contributed by atoms with E-state index in [1.165, 1.54) is 10.9 Å². The van der Waals surface area contributed by atoms with E-state index in [0.717, 1.165) is 13.8 Å². The van der Waals surface area contributed by atoms with Crippen molar-refractivity contribution in [3.8, 4) is 0 Å². The number of nitrogens with one attached hydrogen (secondary N) is 1. The molecule has 18 heavy (non-hydrogen) atoms. The molecule has 2 rings (SSSR count). The van der Waals surface area contributed by atoms with Crippen LogP contribution < -0.4 is 5.32 Å². The van der Waals surface area contributed by atoms with Crippen LogP contribution in [-0.4, -0.2) is 7.05 Å². The molecule has 0 fully saturated rings. The van der Waals surface area contributed by atoms with Gasteiger partial charge in [0.05, 0.1) is 6.04 Å². The Morgan fingerprint density at radius 2 is 2.00 bits per heavy atom. The van der Waals surface area contributed by atoms with Gasteiger partial charge < -0.3 is 5.32 Å². The van der Waals surface area contributed by atoms with Crippen LogP contribution in [0.5, 0.6) is 0 Å². The van der Waals surface area contributed by atoms with Gasteiger partial charge in [-0.25, -0.2) is 4.39 Å². The average molecular weight is 393 g/mol. The number of hydrogen-bond acceptors (Lipinski definition) is 2. The van der Waals surface area contributed by atoms with Crippen LogP contribution in [0.4, 0.5) is 4.39 Å². The summed E-state index contributed by atoms with van der Waals surface area (Å²) in [6.07, 6.45) is 0. The minimum atomic E-state index is -0.195. The predicted molar refractivity (Wildman–Crippen MR) is 81.8 cm³/mol. The zero-order chi connectivity index (χ0) is 13.3. The quantitative estimate of drug-likeness (QED) is 0.772. The maximum absolute atomic E-state index is 13.9. The van der Waals surface area contributed by atoms with Gasteiger partial charge in [-0.05, 0) is 54.2 Å². The maximum Gasteiger partial charge on any atom is 0.128 e. The number of rotatable bonds is 3. The van der Waals surface area contributed by atoms with Gasteiger partial charge >= 0.3 is 0 Å². The highest BCUT2D eigenvalue weighted by Crippen LogP contribution is 2.35. The summed E-state index contributed by atoms with van der Waals surface area (Å²) in [7, 11) is 1.84. The van der Waals surface area contributed by atoms with E-state index in [1.807, 2.05) is 26.1 Å². The van der Waals surface area contributed by atoms with Crippen LogP contribution in [0.2, 0.25) is 0 Å². The molecule has 1 heterocycles. The Labute approximate surface area is 127 Å². The van der Waals surface area contributed by atoms with E-state index in [-0.39, 0.29) is 11.9 Å². The summed E-state index contributed by atoms with van der Waals surface area (Å²) >= 11 is 8.55. The maximum atomic E-state index is 13.9. The lowest BCUT2D eigenvalue weighted by atomic mass is 10.1. The van der Waals surface area contributed by atoms with Crippen molar-refractivity contribution in [1.82, 2.24) is 5.32 Å². The first-order chi connectivity index (χ1) is 8.52. The lowest BCUT2D eigenvalue weighted by molar-refractivity contribution is 0.579. The molecule has 2 aromatic rings. The molecule has 1 unspecified atom stereocenters. The highest BCUT2D eigenvalue weighted by Gasteiger charge is 2.19. The minimum absolute atomic E-state index is 0.127. The Kier molecular flexibility index (Phi) is 4.59. The third-order valence-electron chi connectivity index (χ3n) is 2.72. The second-order valence-electron chi connectivity index (χ2n) is 3.94. The zero-order valence-corrected chi connectivity index (χ0v) is 13.9. The SMILES string of the molecule is CNC(c1cc(Br)c(C)s1)c1cc(Br)ccc1F. The normalized spacial score (nSPS) is 12.7. The van der Waals surface area contributed by atoms with Crippen molar-refractivity contribution in [3.63, 3.8) is 0 Å². The first-order valence-corrected chi connectivity index (χ1v) is 7.81. The topological polar surface area (TPSA) is 12.0 Å². The molecule has 0 aliphatic heterocycles. The molecule has 1 aromatic heterocycles. The van der Waals surface area contributed by atoms with Crippen molar-refractivity contribution in [2.24, 2.45) is 0 Å². The molecule has 96 valence electrons. The van der Waals surface area contributed by atoms with Gasteiger partial charge in [0.15, 0.2) is 0 Å². The Bertz CT molecular complexity index is 549. The first-order valence-electron chi connectivity index (χ1n) is 5.41. The van der Waals surface area contributed by atoms with Gasteiger partial charge in [0, 0.05) is 24.3 Å². The van der Waals surface area contributed by atoms with E-state index in [2.05, 4.69) is 37.2 Å². The molecule has 0 saturated heterocycles. The molecule has 0 aliphatic rings. The minimum Gasteiger partial charge on any atom is -0.309 e. The van der Waals surface area contributed by atoms with Crippen LogP contribution >= 0.6 is 43.2 Å². The molecule has 0 radical (unpaired) electrons. The molecule has 1 nitrogen and oxygen atoms in total. The van der Waals surface area contributed by atoms with Crippen molar-refractivity contribution in [1.29, 1.82) is 0 Å². The number of halogens is 3. The van der Waals surface area contributed by atoms with E-state index in [0.29, 0.717) is 5.56 Å². The van der Waals surface area contributed by atoms with Crippen LogP contribution in [0.15, 0.2) is 33.2 Å². The third-order valence-corrected chi connectivity index (χ3v) is 5.41. The van der Waals surface area contributed by atoms with Gasteiger partial charge in [-0.1, -0.05) is 15.9 Å². The summed E-state index contributed by atoms with van der Waals surface area (Å²) < 4.78 is 15.9. The van der Waals surface area contributed by atoms with Crippen LogP contribution in [-0.2, 0) is 0 Å². The monoisotopic (exact) mass is 391 g/mol. The van der Waals surface area contributed by atoms with Gasteiger partial charge in [-0.2, -0.15) is 0 Å². The fourth-order valence-electron chi connectivity index (χ4n) is 1.81. The van der Waals surface area contributed by atoms with E-state index in [4.69, 9.17) is 0 Å². The van der Waals surface area contributed by atoms with E-state index < -0.39 is 0 Å². The van der Waals surface area contributed by atoms with Gasteiger partial charge in [0.25, 0.3) is 0 Å². The second kappa shape index (κ2) is 5.82. The Balaban J connectivity index is 2.48. The number of thiophene rings is 1. The molecule has 0 spiro atoms.